The van der Waals surface area contributed by atoms with E-state index in [2.05, 4.69) is 0 Å². The van der Waals surface area contributed by atoms with Crippen molar-refractivity contribution in [2.24, 2.45) is 0 Å². The van der Waals surface area contributed by atoms with Gasteiger partial charge in [0.2, 0.25) is 0 Å². The maximum Gasteiger partial charge on any atom is 0.417 e. The topological polar surface area (TPSA) is 59.1 Å². The number of amides is 2. The lowest BCUT2D eigenvalue weighted by atomic mass is 9.89. The molecule has 2 unspecified atom stereocenters. The minimum absolute atomic E-state index is 0.0820. The van der Waals surface area contributed by atoms with E-state index in [4.69, 9.17) is 21.1 Å². The van der Waals surface area contributed by atoms with E-state index >= 15 is 0 Å². The predicted octanol–water partition coefficient (Wildman–Crippen LogP) is 9.64. The van der Waals surface area contributed by atoms with Crippen LogP contribution in [0.2, 0.25) is 5.02 Å². The maximum absolute atomic E-state index is 13.9. The molecule has 248 valence electrons. The summed E-state index contributed by atoms with van der Waals surface area (Å²) in [6.45, 7) is 0.295. The number of hydrogen-bond acceptors (Lipinski definition) is 4. The van der Waals surface area contributed by atoms with Crippen LogP contribution in [0.25, 0.3) is 0 Å². The van der Waals surface area contributed by atoms with Crippen LogP contribution in [0.4, 0.5) is 54.8 Å². The summed E-state index contributed by atoms with van der Waals surface area (Å²) >= 11 is 6.00. The summed E-state index contributed by atoms with van der Waals surface area (Å²) in [6, 6.07) is 8.21. The zero-order valence-electron chi connectivity index (χ0n) is 23.9. The van der Waals surface area contributed by atoms with Gasteiger partial charge in [-0.25, -0.2) is 9.59 Å². The minimum atomic E-state index is -5.18. The van der Waals surface area contributed by atoms with Crippen molar-refractivity contribution in [3.8, 4) is 0 Å². The molecule has 6 nitrogen and oxygen atoms in total. The van der Waals surface area contributed by atoms with Gasteiger partial charge in [-0.1, -0.05) is 41.9 Å². The number of nitrogens with zero attached hydrogens (tertiary/aromatic N) is 2. The van der Waals surface area contributed by atoms with Crippen LogP contribution in [0.1, 0.15) is 52.8 Å². The Morgan fingerprint density at radius 2 is 1.46 bits per heavy atom. The quantitative estimate of drug-likeness (QED) is 0.252. The number of methoxy groups -OCH3 is 1. The normalized spacial score (nSPS) is 16.9. The monoisotopic (exact) mass is 682 g/mol. The van der Waals surface area contributed by atoms with Crippen molar-refractivity contribution >= 4 is 29.5 Å². The molecule has 0 saturated heterocycles. The lowest BCUT2D eigenvalue weighted by molar-refractivity contribution is -0.143. The number of anilines is 1. The third kappa shape index (κ3) is 7.62. The molecule has 0 aliphatic carbocycles. The van der Waals surface area contributed by atoms with Crippen molar-refractivity contribution in [2.75, 3.05) is 12.0 Å². The van der Waals surface area contributed by atoms with Crippen molar-refractivity contribution in [2.45, 2.75) is 57.1 Å². The molecule has 2 amide bonds. The average Bonchev–Trinajstić information content (AvgIpc) is 2.97. The highest BCUT2D eigenvalue weighted by Gasteiger charge is 2.43. The molecule has 1 heterocycles. The van der Waals surface area contributed by atoms with Crippen LogP contribution < -0.4 is 4.90 Å². The van der Waals surface area contributed by atoms with Gasteiger partial charge in [0.05, 0.1) is 40.6 Å². The molecule has 4 rings (SSSR count). The van der Waals surface area contributed by atoms with Gasteiger partial charge in [-0.3, -0.25) is 9.80 Å². The summed E-state index contributed by atoms with van der Waals surface area (Å²) in [5.74, 6) is 0. The van der Waals surface area contributed by atoms with E-state index in [1.54, 1.807) is 30.3 Å². The lowest BCUT2D eigenvalue weighted by Gasteiger charge is -2.43. The van der Waals surface area contributed by atoms with E-state index in [-0.39, 0.29) is 30.3 Å². The van der Waals surface area contributed by atoms with Gasteiger partial charge in [-0.2, -0.15) is 39.5 Å². The molecule has 0 N–H and O–H groups in total. The summed E-state index contributed by atoms with van der Waals surface area (Å²) < 4.78 is 133. The van der Waals surface area contributed by atoms with Crippen LogP contribution in [-0.4, -0.2) is 30.2 Å². The Labute approximate surface area is 261 Å². The number of hydrogen-bond donors (Lipinski definition) is 0. The van der Waals surface area contributed by atoms with Crippen molar-refractivity contribution in [3.63, 3.8) is 0 Å². The van der Waals surface area contributed by atoms with Crippen LogP contribution in [0, 0.1) is 0 Å². The summed E-state index contributed by atoms with van der Waals surface area (Å²) in [5.41, 5.74) is -5.16. The summed E-state index contributed by atoms with van der Waals surface area (Å²) in [4.78, 5) is 28.0. The fourth-order valence-electron chi connectivity index (χ4n) is 5.15. The summed E-state index contributed by atoms with van der Waals surface area (Å²) in [5, 5.41) is -0.827. The fraction of sp³-hybridized carbons (Fsp3) is 0.333. The molecule has 0 spiro atoms. The number of ether oxygens (including phenoxy) is 2. The Hall–Kier alpha value is -4.14. The molecule has 3 aromatic carbocycles. The van der Waals surface area contributed by atoms with E-state index in [0.29, 0.717) is 23.8 Å². The van der Waals surface area contributed by atoms with Crippen LogP contribution >= 0.6 is 11.6 Å². The van der Waals surface area contributed by atoms with Gasteiger partial charge in [0.1, 0.15) is 6.61 Å². The Kier molecular flexibility index (Phi) is 9.76. The van der Waals surface area contributed by atoms with Gasteiger partial charge in [0.25, 0.3) is 0 Å². The Balaban J connectivity index is 1.82. The summed E-state index contributed by atoms with van der Waals surface area (Å²) in [7, 11) is 0.906. The molecule has 0 saturated carbocycles. The van der Waals surface area contributed by atoms with E-state index in [1.807, 2.05) is 0 Å². The van der Waals surface area contributed by atoms with Crippen molar-refractivity contribution in [1.29, 1.82) is 0 Å². The molecular weight excluding hydrogens is 659 g/mol. The second kappa shape index (κ2) is 12.9. The fourth-order valence-corrected chi connectivity index (χ4v) is 5.43. The number of alkyl halides is 9. The molecule has 1 aliphatic rings. The molecule has 1 aliphatic heterocycles. The first-order valence-electron chi connectivity index (χ1n) is 13.3. The Morgan fingerprint density at radius 3 is 1.98 bits per heavy atom. The maximum atomic E-state index is 13.9. The third-order valence-corrected chi connectivity index (χ3v) is 7.55. The zero-order chi connectivity index (χ0) is 34.2. The average molecular weight is 683 g/mol. The van der Waals surface area contributed by atoms with Gasteiger partial charge in [0.15, 0.2) is 0 Å². The smallest absolute Gasteiger partial charge is 0.417 e. The van der Waals surface area contributed by atoms with Gasteiger partial charge in [-0.15, -0.1) is 0 Å². The van der Waals surface area contributed by atoms with E-state index in [1.165, 1.54) is 6.92 Å². The number of rotatable bonds is 5. The van der Waals surface area contributed by atoms with Crippen molar-refractivity contribution in [1.82, 2.24) is 4.90 Å². The predicted molar refractivity (Wildman–Crippen MR) is 147 cm³/mol. The number of benzene rings is 3. The molecule has 0 radical (unpaired) electrons. The third-order valence-electron chi connectivity index (χ3n) is 7.23. The van der Waals surface area contributed by atoms with Crippen molar-refractivity contribution < 1.29 is 58.6 Å². The molecule has 0 bridgehead atoms. The Bertz CT molecular complexity index is 1560. The number of halogens is 10. The van der Waals surface area contributed by atoms with Crippen molar-refractivity contribution in [3.05, 3.63) is 99.1 Å². The standard InChI is InChI=1S/C30H24ClF9N2O4/c1-16-8-24(41(26(43)45-2)14-18-9-19(28(32,33)34)11-20(10-18)29(35,36)37)21-12-23(31)22(30(38,39)40)13-25(21)42(16)27(44)46-15-17-6-4-3-5-7-17/h3-7,9-13,16,24H,8,14-15H2,1-2H3. The van der Waals surface area contributed by atoms with Gasteiger partial charge >= 0.3 is 30.7 Å². The minimum Gasteiger partial charge on any atom is -0.453 e. The van der Waals surface area contributed by atoms with E-state index < -0.39 is 76.6 Å². The molecule has 46 heavy (non-hydrogen) atoms. The molecule has 16 heteroatoms. The first kappa shape index (κ1) is 34.7. The van der Waals surface area contributed by atoms with Gasteiger partial charge in [0, 0.05) is 18.2 Å². The highest BCUT2D eigenvalue weighted by molar-refractivity contribution is 6.31. The molecule has 0 aromatic heterocycles. The second-order valence-corrected chi connectivity index (χ2v) is 10.8. The SMILES string of the molecule is COC(=O)N(Cc1cc(C(F)(F)F)cc(C(F)(F)F)c1)C1CC(C)N(C(=O)OCc2ccccc2)c2cc(C(F)(F)F)c(Cl)cc21. The van der Waals surface area contributed by atoms with Crippen LogP contribution in [0.5, 0.6) is 0 Å². The highest BCUT2D eigenvalue weighted by Crippen LogP contribution is 2.47. The largest absolute Gasteiger partial charge is 0.453 e. The molecule has 3 aromatic rings. The lowest BCUT2D eigenvalue weighted by Crippen LogP contribution is -2.47. The Morgan fingerprint density at radius 1 is 0.870 bits per heavy atom. The molecule has 0 fully saturated rings. The first-order chi connectivity index (χ1) is 21.3. The van der Waals surface area contributed by atoms with Gasteiger partial charge in [-0.05, 0) is 54.8 Å². The molecule has 2 atom stereocenters. The molecular formula is C30H24ClF9N2O4. The van der Waals surface area contributed by atoms with Gasteiger partial charge < -0.3 is 9.47 Å². The highest BCUT2D eigenvalue weighted by atomic mass is 35.5. The summed E-state index contributed by atoms with van der Waals surface area (Å²) in [6.07, 6.45) is -17.9. The van der Waals surface area contributed by atoms with Crippen LogP contribution in [0.3, 0.4) is 0 Å². The van der Waals surface area contributed by atoms with E-state index in [9.17, 15) is 49.1 Å². The number of fused-ring (bicyclic) bond motifs is 1. The van der Waals surface area contributed by atoms with Crippen LogP contribution in [-0.2, 0) is 41.2 Å². The first-order valence-corrected chi connectivity index (χ1v) is 13.7. The number of carbonyl (C=O) groups is 2. The van der Waals surface area contributed by atoms with Crippen LogP contribution in [0.15, 0.2) is 60.7 Å². The van der Waals surface area contributed by atoms with E-state index in [0.717, 1.165) is 23.0 Å². The zero-order valence-corrected chi connectivity index (χ0v) is 24.6. The second-order valence-electron chi connectivity index (χ2n) is 10.4. The number of carbonyl (C=O) groups excluding carboxylic acids is 2.